The van der Waals surface area contributed by atoms with Crippen LogP contribution >= 0.6 is 11.3 Å². The molecule has 0 bridgehead atoms. The third kappa shape index (κ3) is 1.12. The van der Waals surface area contributed by atoms with Gasteiger partial charge in [0.1, 0.15) is 0 Å². The van der Waals surface area contributed by atoms with E-state index in [0.29, 0.717) is 0 Å². The predicted molar refractivity (Wildman–Crippen MR) is 50.5 cm³/mol. The number of nitrogens with zero attached hydrogens (tertiary/aromatic N) is 1. The molecule has 0 spiro atoms. The summed E-state index contributed by atoms with van der Waals surface area (Å²) in [7, 11) is 0. The molecule has 1 N–H and O–H groups in total. The van der Waals surface area contributed by atoms with Gasteiger partial charge in [0.25, 0.3) is 0 Å². The second-order valence-electron chi connectivity index (χ2n) is 3.28. The van der Waals surface area contributed by atoms with Crippen LogP contribution in [0.3, 0.4) is 0 Å². The summed E-state index contributed by atoms with van der Waals surface area (Å²) in [6.45, 7) is 3.20. The lowest BCUT2D eigenvalue weighted by molar-refractivity contribution is 0.625. The maximum atomic E-state index is 7.75. The van der Waals surface area contributed by atoms with E-state index >= 15 is 0 Å². The molecule has 2 rings (SSSR count). The minimum Gasteiger partial charge on any atom is -0.321 e. The Bertz CT molecular complexity index is 335. The topological polar surface area (TPSA) is 28.8 Å². The zero-order chi connectivity index (χ0) is 8.55. The highest BCUT2D eigenvalue weighted by atomic mass is 32.1. The van der Waals surface area contributed by atoms with E-state index in [2.05, 4.69) is 11.5 Å². The fourth-order valence-corrected chi connectivity index (χ4v) is 2.97. The summed E-state index contributed by atoms with van der Waals surface area (Å²) in [5.74, 6) is 0. The van der Waals surface area contributed by atoms with Gasteiger partial charge in [0, 0.05) is 17.1 Å². The Labute approximate surface area is 76.4 Å². The summed E-state index contributed by atoms with van der Waals surface area (Å²) in [5, 5.41) is 7.75. The first kappa shape index (κ1) is 8.05. The van der Waals surface area contributed by atoms with Gasteiger partial charge in [-0.2, -0.15) is 0 Å². The van der Waals surface area contributed by atoms with E-state index in [4.69, 9.17) is 5.41 Å². The van der Waals surface area contributed by atoms with E-state index in [-0.39, 0.29) is 0 Å². The van der Waals surface area contributed by atoms with E-state index < -0.39 is 0 Å². The predicted octanol–water partition coefficient (Wildman–Crippen LogP) is 1.93. The number of rotatable bonds is 2. The highest BCUT2D eigenvalue weighted by molar-refractivity contribution is 7.09. The van der Waals surface area contributed by atoms with Crippen molar-refractivity contribution < 1.29 is 0 Å². The minimum atomic E-state index is 0.751. The molecule has 0 aromatic carbocycles. The average molecular weight is 182 g/mol. The van der Waals surface area contributed by atoms with Crippen molar-refractivity contribution in [2.24, 2.45) is 0 Å². The molecule has 0 saturated carbocycles. The van der Waals surface area contributed by atoms with E-state index in [9.17, 15) is 0 Å². The Morgan fingerprint density at radius 1 is 1.50 bits per heavy atom. The van der Waals surface area contributed by atoms with Gasteiger partial charge in [0.2, 0.25) is 0 Å². The molecule has 0 unspecified atom stereocenters. The van der Waals surface area contributed by atoms with Gasteiger partial charge in [-0.15, -0.1) is 11.3 Å². The minimum absolute atomic E-state index is 0.751. The number of aryl methyl sites for hydroxylation is 1. The number of fused-ring (bicyclic) bond motifs is 1. The van der Waals surface area contributed by atoms with Gasteiger partial charge in [-0.25, -0.2) is 0 Å². The van der Waals surface area contributed by atoms with Crippen LogP contribution in [0.5, 0.6) is 0 Å². The summed E-state index contributed by atoms with van der Waals surface area (Å²) in [6, 6.07) is 0. The summed E-state index contributed by atoms with van der Waals surface area (Å²) in [6.07, 6.45) is 4.85. The Morgan fingerprint density at radius 3 is 3.08 bits per heavy atom. The molecule has 1 aromatic heterocycles. The van der Waals surface area contributed by atoms with Gasteiger partial charge in [0.15, 0.2) is 4.80 Å². The zero-order valence-corrected chi connectivity index (χ0v) is 8.21. The van der Waals surface area contributed by atoms with Crippen LogP contribution < -0.4 is 4.80 Å². The Morgan fingerprint density at radius 2 is 2.33 bits per heavy atom. The van der Waals surface area contributed by atoms with Crippen molar-refractivity contribution >= 4 is 11.3 Å². The van der Waals surface area contributed by atoms with Crippen molar-refractivity contribution in [1.29, 1.82) is 5.41 Å². The first-order chi connectivity index (χ1) is 5.83. The largest absolute Gasteiger partial charge is 0.321 e. The molecule has 3 heteroatoms. The fraction of sp³-hybridized carbons (Fsp3) is 0.667. The maximum absolute atomic E-state index is 7.75. The Hall–Kier alpha value is -0.570. The number of aromatic nitrogens is 1. The van der Waals surface area contributed by atoms with Crippen molar-refractivity contribution in [2.45, 2.75) is 39.2 Å². The SMILES string of the molecule is CCCn1c2c(sc1=N)CCC2. The summed E-state index contributed by atoms with van der Waals surface area (Å²) in [4.78, 5) is 2.22. The van der Waals surface area contributed by atoms with Crippen LogP contribution in [0.2, 0.25) is 0 Å². The molecule has 12 heavy (non-hydrogen) atoms. The van der Waals surface area contributed by atoms with Gasteiger partial charge < -0.3 is 4.57 Å². The number of hydrogen-bond acceptors (Lipinski definition) is 2. The third-order valence-electron chi connectivity index (χ3n) is 2.38. The van der Waals surface area contributed by atoms with Crippen molar-refractivity contribution in [3.63, 3.8) is 0 Å². The molecule has 66 valence electrons. The summed E-state index contributed by atoms with van der Waals surface area (Å²) >= 11 is 1.67. The number of nitrogens with one attached hydrogen (secondary N) is 1. The van der Waals surface area contributed by atoms with Gasteiger partial charge in [0.05, 0.1) is 0 Å². The van der Waals surface area contributed by atoms with Gasteiger partial charge in [-0.1, -0.05) is 6.92 Å². The first-order valence-electron chi connectivity index (χ1n) is 4.59. The smallest absolute Gasteiger partial charge is 0.182 e. The van der Waals surface area contributed by atoms with E-state index in [1.165, 1.54) is 29.8 Å². The van der Waals surface area contributed by atoms with Crippen LogP contribution in [0.15, 0.2) is 0 Å². The lowest BCUT2D eigenvalue weighted by Crippen LogP contribution is -2.15. The average Bonchev–Trinajstić information content (AvgIpc) is 2.56. The molecule has 1 aliphatic carbocycles. The van der Waals surface area contributed by atoms with Gasteiger partial charge >= 0.3 is 0 Å². The second-order valence-corrected chi connectivity index (χ2v) is 4.37. The molecule has 0 radical (unpaired) electrons. The molecule has 0 saturated heterocycles. The molecule has 1 heterocycles. The van der Waals surface area contributed by atoms with Crippen molar-refractivity contribution in [3.8, 4) is 0 Å². The third-order valence-corrected chi connectivity index (χ3v) is 3.48. The van der Waals surface area contributed by atoms with Crippen LogP contribution in [-0.2, 0) is 19.4 Å². The Balaban J connectivity index is 2.45. The van der Waals surface area contributed by atoms with Crippen LogP contribution in [0, 0.1) is 5.41 Å². The summed E-state index contributed by atoms with van der Waals surface area (Å²) in [5.41, 5.74) is 1.45. The lowest BCUT2D eigenvalue weighted by Gasteiger charge is -2.02. The normalized spacial score (nSPS) is 15.1. The van der Waals surface area contributed by atoms with Gasteiger partial charge in [-0.3, -0.25) is 5.41 Å². The molecule has 1 aliphatic rings. The first-order valence-corrected chi connectivity index (χ1v) is 5.40. The second kappa shape index (κ2) is 3.05. The van der Waals surface area contributed by atoms with Gasteiger partial charge in [-0.05, 0) is 25.7 Å². The molecule has 2 nitrogen and oxygen atoms in total. The van der Waals surface area contributed by atoms with Crippen LogP contribution in [0.25, 0.3) is 0 Å². The summed E-state index contributed by atoms with van der Waals surface area (Å²) < 4.78 is 2.19. The molecule has 0 aliphatic heterocycles. The molecule has 0 amide bonds. The highest BCUT2D eigenvalue weighted by Gasteiger charge is 2.17. The van der Waals surface area contributed by atoms with E-state index in [1.54, 1.807) is 11.3 Å². The standard InChI is InChI=1S/C9H14N2S/c1-2-6-11-7-4-3-5-8(7)12-9(11)10/h10H,2-6H2,1H3. The van der Waals surface area contributed by atoms with Crippen molar-refractivity contribution in [3.05, 3.63) is 15.4 Å². The molecular formula is C9H14N2S. The molecular weight excluding hydrogens is 168 g/mol. The molecule has 0 fully saturated rings. The lowest BCUT2D eigenvalue weighted by atomic mass is 10.3. The number of thiazole rings is 1. The number of hydrogen-bond donors (Lipinski definition) is 1. The van der Waals surface area contributed by atoms with Crippen molar-refractivity contribution in [1.82, 2.24) is 4.57 Å². The van der Waals surface area contributed by atoms with Crippen LogP contribution in [-0.4, -0.2) is 4.57 Å². The monoisotopic (exact) mass is 182 g/mol. The quantitative estimate of drug-likeness (QED) is 0.724. The maximum Gasteiger partial charge on any atom is 0.182 e. The zero-order valence-electron chi connectivity index (χ0n) is 7.39. The van der Waals surface area contributed by atoms with Crippen LogP contribution in [0.4, 0.5) is 0 Å². The highest BCUT2D eigenvalue weighted by Crippen LogP contribution is 2.23. The van der Waals surface area contributed by atoms with Crippen molar-refractivity contribution in [2.75, 3.05) is 0 Å². The van der Waals surface area contributed by atoms with E-state index in [0.717, 1.165) is 17.8 Å². The van der Waals surface area contributed by atoms with Crippen LogP contribution in [0.1, 0.15) is 30.3 Å². The fourth-order valence-electron chi connectivity index (χ4n) is 1.85. The molecule has 1 aromatic rings. The van der Waals surface area contributed by atoms with E-state index in [1.807, 2.05) is 0 Å². The molecule has 0 atom stereocenters. The Kier molecular flexibility index (Phi) is 2.05.